The second kappa shape index (κ2) is 10.6. The van der Waals surface area contributed by atoms with Gasteiger partial charge in [0, 0.05) is 6.42 Å². The number of methoxy groups -OCH3 is 2. The average molecular weight is 436 g/mol. The number of benzene rings is 2. The molecular weight excluding hydrogens is 406 g/mol. The molecule has 3 aromatic rings. The minimum atomic E-state index is -0.478. The SMILES string of the molecule is CCCCc1ncc(CNc2c(C(=O)OC)ccc(-c3ccccc3)c2C)n1C(=O)OC. The standard InChI is InChI=1S/C25H29N3O4/c1-5-6-12-22-26-15-19(28(22)25(30)32-4)16-27-23-17(2)20(18-10-8-7-9-11-18)13-14-21(23)24(29)31-3/h7-11,13-15,27H,5-6,12,16H2,1-4H3. The molecule has 3 rings (SSSR count). The lowest BCUT2D eigenvalue weighted by molar-refractivity contribution is 0.0601. The maximum Gasteiger partial charge on any atom is 0.419 e. The molecule has 0 aliphatic carbocycles. The first-order valence-corrected chi connectivity index (χ1v) is 10.7. The fourth-order valence-corrected chi connectivity index (χ4v) is 3.71. The van der Waals surface area contributed by atoms with Crippen molar-refractivity contribution in [3.05, 3.63) is 71.3 Å². The van der Waals surface area contributed by atoms with Crippen LogP contribution in [-0.2, 0) is 22.4 Å². The largest absolute Gasteiger partial charge is 0.465 e. The number of hydrogen-bond donors (Lipinski definition) is 1. The number of anilines is 1. The molecule has 0 aliphatic heterocycles. The van der Waals surface area contributed by atoms with Gasteiger partial charge < -0.3 is 14.8 Å². The fourth-order valence-electron chi connectivity index (χ4n) is 3.71. The summed E-state index contributed by atoms with van der Waals surface area (Å²) in [4.78, 5) is 29.3. The Morgan fingerprint density at radius 1 is 1.06 bits per heavy atom. The first-order chi connectivity index (χ1) is 15.5. The van der Waals surface area contributed by atoms with Gasteiger partial charge in [-0.3, -0.25) is 0 Å². The number of rotatable bonds is 8. The molecule has 0 bridgehead atoms. The fraction of sp³-hybridized carbons (Fsp3) is 0.320. The summed E-state index contributed by atoms with van der Waals surface area (Å²) in [5, 5.41) is 3.34. The van der Waals surface area contributed by atoms with Crippen LogP contribution in [0.5, 0.6) is 0 Å². The number of hydrogen-bond acceptors (Lipinski definition) is 6. The molecule has 0 radical (unpaired) electrons. The zero-order chi connectivity index (χ0) is 23.1. The average Bonchev–Trinajstić information content (AvgIpc) is 3.23. The number of aromatic nitrogens is 2. The third-order valence-corrected chi connectivity index (χ3v) is 5.42. The molecule has 2 aromatic carbocycles. The zero-order valence-electron chi connectivity index (χ0n) is 19.0. The number of nitrogens with zero attached hydrogens (tertiary/aromatic N) is 2. The second-order valence-corrected chi connectivity index (χ2v) is 7.45. The summed E-state index contributed by atoms with van der Waals surface area (Å²) in [6.45, 7) is 4.34. The van der Waals surface area contributed by atoms with E-state index in [1.54, 1.807) is 12.3 Å². The van der Waals surface area contributed by atoms with Gasteiger partial charge >= 0.3 is 12.1 Å². The first kappa shape index (κ1) is 23.1. The van der Waals surface area contributed by atoms with Crippen molar-refractivity contribution >= 4 is 17.7 Å². The topological polar surface area (TPSA) is 82.5 Å². The summed E-state index contributed by atoms with van der Waals surface area (Å²) in [5.74, 6) is 0.235. The number of imidazole rings is 1. The normalized spacial score (nSPS) is 10.6. The molecule has 0 unspecified atom stereocenters. The van der Waals surface area contributed by atoms with E-state index in [0.717, 1.165) is 29.5 Å². The van der Waals surface area contributed by atoms with Crippen LogP contribution >= 0.6 is 0 Å². The molecule has 1 aromatic heterocycles. The van der Waals surface area contributed by atoms with E-state index < -0.39 is 12.1 Å². The molecule has 1 N–H and O–H groups in total. The van der Waals surface area contributed by atoms with Gasteiger partial charge in [0.2, 0.25) is 0 Å². The highest BCUT2D eigenvalue weighted by molar-refractivity contribution is 5.98. The van der Waals surface area contributed by atoms with Crippen LogP contribution in [0.1, 0.15) is 47.2 Å². The van der Waals surface area contributed by atoms with Crippen LogP contribution in [0.2, 0.25) is 0 Å². The van der Waals surface area contributed by atoms with Crippen molar-refractivity contribution in [3.8, 4) is 11.1 Å². The van der Waals surface area contributed by atoms with Crippen molar-refractivity contribution in [2.45, 2.75) is 39.7 Å². The minimum Gasteiger partial charge on any atom is -0.465 e. The molecule has 0 fully saturated rings. The molecule has 0 aliphatic rings. The van der Waals surface area contributed by atoms with E-state index in [0.29, 0.717) is 29.2 Å². The molecule has 0 spiro atoms. The third kappa shape index (κ3) is 4.82. The summed E-state index contributed by atoms with van der Waals surface area (Å²) in [6.07, 6.45) is 3.79. The van der Waals surface area contributed by atoms with E-state index in [9.17, 15) is 9.59 Å². The Kier molecular flexibility index (Phi) is 7.65. The van der Waals surface area contributed by atoms with E-state index >= 15 is 0 Å². The number of unbranched alkanes of at least 4 members (excludes halogenated alkanes) is 1. The van der Waals surface area contributed by atoms with Gasteiger partial charge in [-0.25, -0.2) is 19.1 Å². The van der Waals surface area contributed by atoms with Crippen molar-refractivity contribution < 1.29 is 19.1 Å². The summed E-state index contributed by atoms with van der Waals surface area (Å²) < 4.78 is 11.5. The summed E-state index contributed by atoms with van der Waals surface area (Å²) in [6, 6.07) is 13.6. The number of aryl methyl sites for hydroxylation is 1. The zero-order valence-corrected chi connectivity index (χ0v) is 19.0. The van der Waals surface area contributed by atoms with Gasteiger partial charge in [0.05, 0.1) is 43.9 Å². The predicted octanol–water partition coefficient (Wildman–Crippen LogP) is 5.21. The molecule has 0 amide bonds. The Hall–Kier alpha value is -3.61. The highest BCUT2D eigenvalue weighted by atomic mass is 16.5. The van der Waals surface area contributed by atoms with E-state index in [4.69, 9.17) is 9.47 Å². The van der Waals surface area contributed by atoms with Crippen molar-refractivity contribution in [2.24, 2.45) is 0 Å². The van der Waals surface area contributed by atoms with Gasteiger partial charge in [-0.2, -0.15) is 0 Å². The Labute approximate surface area is 188 Å². The van der Waals surface area contributed by atoms with E-state index in [1.165, 1.54) is 18.8 Å². The number of nitrogens with one attached hydrogen (secondary N) is 1. The van der Waals surface area contributed by atoms with Crippen molar-refractivity contribution in [2.75, 3.05) is 19.5 Å². The first-order valence-electron chi connectivity index (χ1n) is 10.7. The summed E-state index contributed by atoms with van der Waals surface area (Å²) in [5.41, 5.74) is 4.71. The van der Waals surface area contributed by atoms with Gasteiger partial charge in [-0.15, -0.1) is 0 Å². The monoisotopic (exact) mass is 435 g/mol. The van der Waals surface area contributed by atoms with Crippen LogP contribution in [-0.4, -0.2) is 35.8 Å². The maximum absolute atomic E-state index is 12.4. The van der Waals surface area contributed by atoms with Crippen molar-refractivity contribution in [1.82, 2.24) is 9.55 Å². The number of ether oxygens (including phenoxy) is 2. The third-order valence-electron chi connectivity index (χ3n) is 5.42. The lowest BCUT2D eigenvalue weighted by atomic mass is 9.96. The Balaban J connectivity index is 1.99. The van der Waals surface area contributed by atoms with Crippen LogP contribution in [0, 0.1) is 6.92 Å². The Bertz CT molecular complexity index is 1090. The molecular formula is C25H29N3O4. The lowest BCUT2D eigenvalue weighted by Gasteiger charge is -2.18. The van der Waals surface area contributed by atoms with Gasteiger partial charge in [-0.05, 0) is 36.1 Å². The van der Waals surface area contributed by atoms with Crippen molar-refractivity contribution in [3.63, 3.8) is 0 Å². The molecule has 168 valence electrons. The summed E-state index contributed by atoms with van der Waals surface area (Å²) in [7, 11) is 2.71. The summed E-state index contributed by atoms with van der Waals surface area (Å²) >= 11 is 0. The van der Waals surface area contributed by atoms with Gasteiger partial charge in [-0.1, -0.05) is 49.7 Å². The molecule has 0 saturated carbocycles. The van der Waals surface area contributed by atoms with Crippen molar-refractivity contribution in [1.29, 1.82) is 0 Å². The van der Waals surface area contributed by atoms with E-state index in [1.807, 2.05) is 43.3 Å². The Morgan fingerprint density at radius 2 is 1.81 bits per heavy atom. The van der Waals surface area contributed by atoms with Crippen LogP contribution in [0.3, 0.4) is 0 Å². The highest BCUT2D eigenvalue weighted by Gasteiger charge is 2.20. The van der Waals surface area contributed by atoms with Crippen LogP contribution in [0.4, 0.5) is 10.5 Å². The number of carbonyl (C=O) groups is 2. The highest BCUT2D eigenvalue weighted by Crippen LogP contribution is 2.32. The van der Waals surface area contributed by atoms with Crippen LogP contribution < -0.4 is 5.32 Å². The minimum absolute atomic E-state index is 0.289. The van der Waals surface area contributed by atoms with E-state index in [2.05, 4.69) is 17.2 Å². The molecule has 32 heavy (non-hydrogen) atoms. The molecule has 0 saturated heterocycles. The van der Waals surface area contributed by atoms with Gasteiger partial charge in [0.1, 0.15) is 5.82 Å². The number of carbonyl (C=O) groups excluding carboxylic acids is 2. The van der Waals surface area contributed by atoms with Crippen LogP contribution in [0.25, 0.3) is 11.1 Å². The van der Waals surface area contributed by atoms with Gasteiger partial charge in [0.15, 0.2) is 0 Å². The maximum atomic E-state index is 12.4. The molecule has 7 nitrogen and oxygen atoms in total. The predicted molar refractivity (Wildman–Crippen MR) is 124 cm³/mol. The smallest absolute Gasteiger partial charge is 0.419 e. The Morgan fingerprint density at radius 3 is 2.47 bits per heavy atom. The molecule has 0 atom stereocenters. The second-order valence-electron chi connectivity index (χ2n) is 7.45. The lowest BCUT2D eigenvalue weighted by Crippen LogP contribution is -2.20. The molecule has 7 heteroatoms. The van der Waals surface area contributed by atoms with E-state index in [-0.39, 0.29) is 6.54 Å². The van der Waals surface area contributed by atoms with Gasteiger partial charge in [0.25, 0.3) is 0 Å². The molecule has 1 heterocycles. The van der Waals surface area contributed by atoms with Crippen LogP contribution in [0.15, 0.2) is 48.7 Å². The quantitative estimate of drug-likeness (QED) is 0.489. The number of esters is 1.